The van der Waals surface area contributed by atoms with Gasteiger partial charge in [-0.15, -0.1) is 0 Å². The molecule has 0 aliphatic carbocycles. The average Bonchev–Trinajstić information content (AvgIpc) is 2.52. The monoisotopic (exact) mass is 380 g/mol. The van der Waals surface area contributed by atoms with Gasteiger partial charge in [-0.2, -0.15) is 0 Å². The zero-order valence-corrected chi connectivity index (χ0v) is 13.8. The summed E-state index contributed by atoms with van der Waals surface area (Å²) in [4.78, 5) is 23.7. The van der Waals surface area contributed by atoms with Crippen molar-refractivity contribution in [3.05, 3.63) is 64.4 Å². The molecule has 0 radical (unpaired) electrons. The van der Waals surface area contributed by atoms with E-state index in [0.29, 0.717) is 5.75 Å². The first kappa shape index (κ1) is 17.0. The van der Waals surface area contributed by atoms with Gasteiger partial charge in [0.05, 0.1) is 5.56 Å². The van der Waals surface area contributed by atoms with Crippen LogP contribution in [-0.2, 0) is 4.79 Å². The van der Waals surface area contributed by atoms with E-state index in [1.54, 1.807) is 18.2 Å². The smallest absolute Gasteiger partial charge is 0.279 e. The summed E-state index contributed by atoms with van der Waals surface area (Å²) in [6.45, 7) is 1.53. The second kappa shape index (κ2) is 7.73. The highest BCUT2D eigenvalue weighted by Crippen LogP contribution is 2.18. The zero-order valence-electron chi connectivity index (χ0n) is 12.2. The summed E-state index contributed by atoms with van der Waals surface area (Å²) in [7, 11) is 0. The number of hydrogen-bond donors (Lipinski definition) is 2. The molecule has 120 valence electrons. The molecule has 0 saturated carbocycles. The molecule has 2 aromatic rings. The van der Waals surface area contributed by atoms with Crippen molar-refractivity contribution in [2.45, 2.75) is 13.0 Å². The Bertz CT molecular complexity index is 724. The molecule has 0 unspecified atom stereocenters. The van der Waals surface area contributed by atoms with Gasteiger partial charge in [0.15, 0.2) is 6.10 Å². The second-order valence-electron chi connectivity index (χ2n) is 4.64. The van der Waals surface area contributed by atoms with Gasteiger partial charge in [0.1, 0.15) is 11.6 Å². The van der Waals surface area contributed by atoms with Crippen LogP contribution in [0, 0.1) is 5.82 Å². The van der Waals surface area contributed by atoms with Crippen molar-refractivity contribution < 1.29 is 18.7 Å². The molecule has 5 nitrogen and oxygen atoms in total. The molecule has 7 heteroatoms. The van der Waals surface area contributed by atoms with Crippen molar-refractivity contribution >= 4 is 27.7 Å². The highest BCUT2D eigenvalue weighted by molar-refractivity contribution is 9.10. The summed E-state index contributed by atoms with van der Waals surface area (Å²) in [6, 6.07) is 12.5. The van der Waals surface area contributed by atoms with E-state index in [-0.39, 0.29) is 5.56 Å². The number of carbonyl (C=O) groups is 2. The molecule has 0 aliphatic rings. The molecule has 0 bridgehead atoms. The van der Waals surface area contributed by atoms with E-state index in [1.807, 2.05) is 6.07 Å². The minimum atomic E-state index is -0.842. The maximum Gasteiger partial charge on any atom is 0.279 e. The van der Waals surface area contributed by atoms with Crippen LogP contribution in [-0.4, -0.2) is 17.9 Å². The van der Waals surface area contributed by atoms with Crippen LogP contribution in [0.5, 0.6) is 5.75 Å². The van der Waals surface area contributed by atoms with Gasteiger partial charge in [-0.3, -0.25) is 20.4 Å². The van der Waals surface area contributed by atoms with Gasteiger partial charge in [0.2, 0.25) is 0 Å². The van der Waals surface area contributed by atoms with Crippen LogP contribution in [0.2, 0.25) is 0 Å². The minimum absolute atomic E-state index is 0.159. The first-order valence-corrected chi connectivity index (χ1v) is 7.53. The van der Waals surface area contributed by atoms with E-state index < -0.39 is 23.7 Å². The number of ether oxygens (including phenoxy) is 1. The van der Waals surface area contributed by atoms with Gasteiger partial charge in [0, 0.05) is 4.47 Å². The van der Waals surface area contributed by atoms with E-state index in [4.69, 9.17) is 4.74 Å². The van der Waals surface area contributed by atoms with Crippen LogP contribution in [0.3, 0.4) is 0 Å². The lowest BCUT2D eigenvalue weighted by molar-refractivity contribution is -0.128. The number of hydrogen-bond acceptors (Lipinski definition) is 3. The number of halogens is 2. The van der Waals surface area contributed by atoms with E-state index >= 15 is 0 Å². The van der Waals surface area contributed by atoms with Gasteiger partial charge in [-0.05, 0) is 37.3 Å². The van der Waals surface area contributed by atoms with Crippen molar-refractivity contribution in [3.8, 4) is 5.75 Å². The van der Waals surface area contributed by atoms with Crippen LogP contribution >= 0.6 is 15.9 Å². The fourth-order valence-electron chi connectivity index (χ4n) is 1.73. The Morgan fingerprint density at radius 3 is 2.57 bits per heavy atom. The normalized spacial score (nSPS) is 11.4. The van der Waals surface area contributed by atoms with Gasteiger partial charge in [-0.25, -0.2) is 4.39 Å². The summed E-state index contributed by atoms with van der Waals surface area (Å²) >= 11 is 3.30. The summed E-state index contributed by atoms with van der Waals surface area (Å²) < 4.78 is 19.7. The SMILES string of the molecule is C[C@H](Oc1cccc(Br)c1)C(=O)NNC(=O)c1ccccc1F. The molecule has 0 fully saturated rings. The molecular weight excluding hydrogens is 367 g/mol. The van der Waals surface area contributed by atoms with Crippen LogP contribution in [0.4, 0.5) is 4.39 Å². The number of benzene rings is 2. The number of nitrogens with one attached hydrogen (secondary N) is 2. The van der Waals surface area contributed by atoms with E-state index in [9.17, 15) is 14.0 Å². The van der Waals surface area contributed by atoms with Crippen molar-refractivity contribution in [3.63, 3.8) is 0 Å². The lowest BCUT2D eigenvalue weighted by Crippen LogP contribution is -2.47. The maximum atomic E-state index is 13.4. The Kier molecular flexibility index (Phi) is 5.70. The Morgan fingerprint density at radius 2 is 1.87 bits per heavy atom. The van der Waals surface area contributed by atoms with Crippen LogP contribution < -0.4 is 15.6 Å². The van der Waals surface area contributed by atoms with E-state index in [0.717, 1.165) is 10.5 Å². The van der Waals surface area contributed by atoms with Crippen LogP contribution in [0.15, 0.2) is 53.0 Å². The molecular formula is C16H14BrFN2O3. The highest BCUT2D eigenvalue weighted by atomic mass is 79.9. The Hall–Kier alpha value is -2.41. The van der Waals surface area contributed by atoms with Crippen molar-refractivity contribution in [2.75, 3.05) is 0 Å². The number of hydrazine groups is 1. The zero-order chi connectivity index (χ0) is 16.8. The molecule has 0 heterocycles. The van der Waals surface area contributed by atoms with Crippen molar-refractivity contribution in [1.29, 1.82) is 0 Å². The van der Waals surface area contributed by atoms with Gasteiger partial charge in [-0.1, -0.05) is 34.1 Å². The quantitative estimate of drug-likeness (QED) is 0.801. The first-order chi connectivity index (χ1) is 11.0. The Balaban J connectivity index is 1.89. The summed E-state index contributed by atoms with van der Waals surface area (Å²) in [5.74, 6) is -1.47. The van der Waals surface area contributed by atoms with Crippen LogP contribution in [0.25, 0.3) is 0 Å². The lowest BCUT2D eigenvalue weighted by Gasteiger charge is -2.15. The Labute approximate surface area is 140 Å². The molecule has 0 saturated heterocycles. The molecule has 2 amide bonds. The summed E-state index contributed by atoms with van der Waals surface area (Å²) in [5.41, 5.74) is 4.19. The molecule has 0 aromatic heterocycles. The van der Waals surface area contributed by atoms with Crippen LogP contribution in [0.1, 0.15) is 17.3 Å². The average molecular weight is 381 g/mol. The first-order valence-electron chi connectivity index (χ1n) is 6.74. The minimum Gasteiger partial charge on any atom is -0.481 e. The second-order valence-corrected chi connectivity index (χ2v) is 5.56. The number of carbonyl (C=O) groups excluding carboxylic acids is 2. The fraction of sp³-hybridized carbons (Fsp3) is 0.125. The molecule has 23 heavy (non-hydrogen) atoms. The largest absolute Gasteiger partial charge is 0.481 e. The summed E-state index contributed by atoms with van der Waals surface area (Å²) in [5, 5.41) is 0. The molecule has 2 aromatic carbocycles. The highest BCUT2D eigenvalue weighted by Gasteiger charge is 2.17. The molecule has 0 aliphatic heterocycles. The van der Waals surface area contributed by atoms with Crippen molar-refractivity contribution in [1.82, 2.24) is 10.9 Å². The van der Waals surface area contributed by atoms with Gasteiger partial charge < -0.3 is 4.74 Å². The molecule has 1 atom stereocenters. The predicted octanol–water partition coefficient (Wildman–Crippen LogP) is 2.82. The van der Waals surface area contributed by atoms with Crippen molar-refractivity contribution in [2.24, 2.45) is 0 Å². The predicted molar refractivity (Wildman–Crippen MR) is 86.2 cm³/mol. The third-order valence-electron chi connectivity index (χ3n) is 2.90. The standard InChI is InChI=1S/C16H14BrFN2O3/c1-10(23-12-6-4-5-11(17)9-12)15(21)19-20-16(22)13-7-2-3-8-14(13)18/h2-10H,1H3,(H,19,21)(H,20,22)/t10-/m0/s1. The lowest BCUT2D eigenvalue weighted by atomic mass is 10.2. The van der Waals surface area contributed by atoms with E-state index in [2.05, 4.69) is 26.8 Å². The van der Waals surface area contributed by atoms with E-state index in [1.165, 1.54) is 25.1 Å². The number of amides is 2. The maximum absolute atomic E-state index is 13.4. The van der Waals surface area contributed by atoms with Gasteiger partial charge >= 0.3 is 0 Å². The van der Waals surface area contributed by atoms with Gasteiger partial charge in [0.25, 0.3) is 11.8 Å². The molecule has 0 spiro atoms. The summed E-state index contributed by atoms with van der Waals surface area (Å²) in [6.07, 6.45) is -0.842. The number of rotatable bonds is 4. The third kappa shape index (κ3) is 4.79. The molecule has 2 N–H and O–H groups in total. The third-order valence-corrected chi connectivity index (χ3v) is 3.39. The molecule has 2 rings (SSSR count). The Morgan fingerprint density at radius 1 is 1.13 bits per heavy atom. The topological polar surface area (TPSA) is 67.4 Å². The fourth-order valence-corrected chi connectivity index (χ4v) is 2.11.